The molecule has 1 aromatic heterocycles. The van der Waals surface area contributed by atoms with Gasteiger partial charge in [0, 0.05) is 5.56 Å². The van der Waals surface area contributed by atoms with Gasteiger partial charge in [-0.15, -0.1) is 10.2 Å². The number of aliphatic hydroxyl groups excluding tert-OH is 1. The van der Waals surface area contributed by atoms with E-state index in [0.29, 0.717) is 35.0 Å². The summed E-state index contributed by atoms with van der Waals surface area (Å²) in [5.41, 5.74) is 3.78. The smallest absolute Gasteiger partial charge is 0.247 e. The van der Waals surface area contributed by atoms with Crippen LogP contribution in [0.25, 0.3) is 16.3 Å². The number of hydrogen-bond acceptors (Lipinski definition) is 5. The molecule has 0 aliphatic carbocycles. The van der Waals surface area contributed by atoms with Gasteiger partial charge in [-0.05, 0) is 55.7 Å². The monoisotopic (exact) mass is 358 g/mol. The summed E-state index contributed by atoms with van der Waals surface area (Å²) in [6, 6.07) is 14.6. The topological polar surface area (TPSA) is 87.3 Å². The minimum atomic E-state index is -0.680. The van der Waals surface area contributed by atoms with E-state index in [1.807, 2.05) is 19.1 Å². The number of rotatable bonds is 5. The summed E-state index contributed by atoms with van der Waals surface area (Å²) in [7, 11) is 0. The first kappa shape index (κ1) is 18.3. The van der Waals surface area contributed by atoms with E-state index in [-0.39, 0.29) is 5.92 Å². The Balaban J connectivity index is 1.85. The Kier molecular flexibility index (Phi) is 5.30. The third-order valence-electron chi connectivity index (χ3n) is 4.44. The quantitative estimate of drug-likeness (QED) is 0.692. The van der Waals surface area contributed by atoms with Crippen LogP contribution in [0.1, 0.15) is 35.4 Å². The van der Waals surface area contributed by atoms with Crippen LogP contribution in [-0.4, -0.2) is 21.4 Å². The molecule has 6 nitrogen and oxygen atoms in total. The molecular formula is C21H18N4O2. The van der Waals surface area contributed by atoms with Crippen LogP contribution in [0.2, 0.25) is 0 Å². The van der Waals surface area contributed by atoms with Crippen LogP contribution in [0, 0.1) is 24.8 Å². The molecule has 3 aromatic rings. The molecule has 2 aromatic carbocycles. The fraction of sp³-hybridized carbons (Fsp3) is 0.238. The molecule has 0 bridgehead atoms. The number of aliphatic hydroxyl groups is 1. The van der Waals surface area contributed by atoms with Gasteiger partial charge in [-0.2, -0.15) is 5.26 Å². The molecular weight excluding hydrogens is 340 g/mol. The van der Waals surface area contributed by atoms with Crippen molar-refractivity contribution in [3.8, 4) is 17.5 Å². The second-order valence-electron chi connectivity index (χ2n) is 6.42. The number of hydrogen-bond donors (Lipinski definition) is 1. The molecule has 0 aliphatic rings. The van der Waals surface area contributed by atoms with Crippen molar-refractivity contribution in [2.24, 2.45) is 0 Å². The summed E-state index contributed by atoms with van der Waals surface area (Å²) in [6.45, 7) is 10.7. The maximum atomic E-state index is 10.2. The van der Waals surface area contributed by atoms with Gasteiger partial charge in [0.25, 0.3) is 0 Å². The van der Waals surface area contributed by atoms with E-state index >= 15 is 0 Å². The van der Waals surface area contributed by atoms with E-state index in [4.69, 9.17) is 16.3 Å². The highest BCUT2D eigenvalue weighted by Crippen LogP contribution is 2.29. The third-order valence-corrected chi connectivity index (χ3v) is 4.44. The molecule has 27 heavy (non-hydrogen) atoms. The van der Waals surface area contributed by atoms with Crippen LogP contribution in [0.15, 0.2) is 46.9 Å². The Labute approximate surface area is 157 Å². The van der Waals surface area contributed by atoms with Gasteiger partial charge in [-0.25, -0.2) is 4.85 Å². The Morgan fingerprint density at radius 3 is 2.56 bits per heavy atom. The van der Waals surface area contributed by atoms with Gasteiger partial charge in [-0.3, -0.25) is 0 Å². The van der Waals surface area contributed by atoms with E-state index in [0.717, 1.165) is 11.1 Å². The molecule has 0 spiro atoms. The van der Waals surface area contributed by atoms with Crippen molar-refractivity contribution in [1.29, 1.82) is 5.26 Å². The number of aryl methyl sites for hydroxylation is 1. The summed E-state index contributed by atoms with van der Waals surface area (Å²) in [5.74, 6) is 0.346. The third kappa shape index (κ3) is 4.03. The molecule has 134 valence electrons. The summed E-state index contributed by atoms with van der Waals surface area (Å²) in [5, 5.41) is 27.3. The molecule has 0 saturated carbocycles. The first-order valence-electron chi connectivity index (χ1n) is 8.51. The van der Waals surface area contributed by atoms with Gasteiger partial charge in [0.2, 0.25) is 11.8 Å². The molecule has 0 aliphatic heterocycles. The van der Waals surface area contributed by atoms with Crippen molar-refractivity contribution in [3.63, 3.8) is 0 Å². The molecule has 1 N–H and O–H groups in total. The Morgan fingerprint density at radius 2 is 1.96 bits per heavy atom. The zero-order valence-corrected chi connectivity index (χ0v) is 15.0. The molecule has 6 heteroatoms. The van der Waals surface area contributed by atoms with Gasteiger partial charge in [0.15, 0.2) is 5.69 Å². The fourth-order valence-electron chi connectivity index (χ4n) is 2.88. The van der Waals surface area contributed by atoms with E-state index in [1.165, 1.54) is 0 Å². The minimum Gasteiger partial charge on any atom is -0.420 e. The van der Waals surface area contributed by atoms with Gasteiger partial charge in [0.05, 0.1) is 30.2 Å². The van der Waals surface area contributed by atoms with Crippen molar-refractivity contribution >= 4 is 5.69 Å². The molecule has 1 heterocycles. The second kappa shape index (κ2) is 7.82. The predicted molar refractivity (Wildman–Crippen MR) is 100 cm³/mol. The van der Waals surface area contributed by atoms with E-state index in [1.54, 1.807) is 37.3 Å². The van der Waals surface area contributed by atoms with Crippen molar-refractivity contribution in [1.82, 2.24) is 10.2 Å². The lowest BCUT2D eigenvalue weighted by Gasteiger charge is -2.16. The van der Waals surface area contributed by atoms with Crippen LogP contribution in [0.3, 0.4) is 0 Å². The average Bonchev–Trinajstić information content (AvgIpc) is 3.16. The highest BCUT2D eigenvalue weighted by molar-refractivity contribution is 5.54. The van der Waals surface area contributed by atoms with Crippen LogP contribution in [-0.2, 0) is 6.42 Å². The molecule has 0 saturated heterocycles. The fourth-order valence-corrected chi connectivity index (χ4v) is 2.88. The minimum absolute atomic E-state index is 0.347. The molecule has 0 radical (unpaired) electrons. The maximum absolute atomic E-state index is 10.2. The second-order valence-corrected chi connectivity index (χ2v) is 6.42. The lowest BCUT2D eigenvalue weighted by molar-refractivity contribution is 0.148. The van der Waals surface area contributed by atoms with E-state index in [9.17, 15) is 5.11 Å². The van der Waals surface area contributed by atoms with Gasteiger partial charge < -0.3 is 9.52 Å². The predicted octanol–water partition coefficient (Wildman–Crippen LogP) is 4.17. The highest BCUT2D eigenvalue weighted by Gasteiger charge is 2.25. The van der Waals surface area contributed by atoms with Crippen LogP contribution in [0.5, 0.6) is 0 Å². The largest absolute Gasteiger partial charge is 0.420 e. The lowest BCUT2D eigenvalue weighted by atomic mass is 9.93. The lowest BCUT2D eigenvalue weighted by Crippen LogP contribution is -2.17. The first-order chi connectivity index (χ1) is 13.0. The summed E-state index contributed by atoms with van der Waals surface area (Å²) < 4.78 is 5.80. The van der Waals surface area contributed by atoms with Crippen molar-refractivity contribution in [3.05, 3.63) is 76.5 Å². The number of nitrogens with zero attached hydrogens (tertiary/aromatic N) is 4. The summed E-state index contributed by atoms with van der Waals surface area (Å²) in [4.78, 5) is 3.47. The van der Waals surface area contributed by atoms with Crippen molar-refractivity contribution in [2.45, 2.75) is 32.3 Å². The Bertz CT molecular complexity index is 1020. The Hall–Kier alpha value is -3.48. The normalized spacial score (nSPS) is 12.8. The van der Waals surface area contributed by atoms with Crippen LogP contribution >= 0.6 is 0 Å². The summed E-state index contributed by atoms with van der Waals surface area (Å²) >= 11 is 0. The SMILES string of the molecule is [C-]#[N+]c1ccc(C[C@@H](c2nnc(-c3ccc(C#N)cc3)o2)[C@H](C)O)cc1C. The van der Waals surface area contributed by atoms with Crippen molar-refractivity contribution < 1.29 is 9.52 Å². The van der Waals surface area contributed by atoms with E-state index in [2.05, 4.69) is 21.1 Å². The highest BCUT2D eigenvalue weighted by atomic mass is 16.4. The molecule has 0 unspecified atom stereocenters. The molecule has 2 atom stereocenters. The molecule has 0 fully saturated rings. The number of nitriles is 1. The molecule has 0 amide bonds. The van der Waals surface area contributed by atoms with Gasteiger partial charge in [0.1, 0.15) is 0 Å². The summed E-state index contributed by atoms with van der Waals surface area (Å²) in [6.07, 6.45) is -0.161. The zero-order valence-electron chi connectivity index (χ0n) is 15.0. The standard InChI is InChI=1S/C21H18N4O2/c1-13-10-16(6-9-19(13)23-3)11-18(14(2)26)21-25-24-20(27-21)17-7-4-15(12-22)5-8-17/h4-10,14,18,26H,11H2,1-2H3/t14-,18+/m0/s1. The van der Waals surface area contributed by atoms with Crippen LogP contribution < -0.4 is 0 Å². The van der Waals surface area contributed by atoms with Gasteiger partial charge in [-0.1, -0.05) is 18.2 Å². The van der Waals surface area contributed by atoms with Gasteiger partial charge >= 0.3 is 0 Å². The average molecular weight is 358 g/mol. The number of aromatic nitrogens is 2. The van der Waals surface area contributed by atoms with E-state index < -0.39 is 6.10 Å². The van der Waals surface area contributed by atoms with Crippen LogP contribution in [0.4, 0.5) is 5.69 Å². The Morgan fingerprint density at radius 1 is 1.22 bits per heavy atom. The number of benzene rings is 2. The first-order valence-corrected chi connectivity index (χ1v) is 8.51. The zero-order chi connectivity index (χ0) is 19.4. The molecule has 3 rings (SSSR count). The maximum Gasteiger partial charge on any atom is 0.247 e. The van der Waals surface area contributed by atoms with Crippen molar-refractivity contribution in [2.75, 3.05) is 0 Å².